The van der Waals surface area contributed by atoms with Crippen molar-refractivity contribution in [3.63, 3.8) is 0 Å². The third-order valence-electron chi connectivity index (χ3n) is 4.09. The first kappa shape index (κ1) is 23.7. The van der Waals surface area contributed by atoms with Crippen LogP contribution in [-0.4, -0.2) is 4.98 Å². The fraction of sp³-hybridized carbons (Fsp3) is 0. The van der Waals surface area contributed by atoms with Crippen LogP contribution >= 0.6 is 54.1 Å². The predicted molar refractivity (Wildman–Crippen MR) is 134 cm³/mol. The Morgan fingerprint density at radius 3 is 1.21 bits per heavy atom. The molecule has 4 aromatic rings. The summed E-state index contributed by atoms with van der Waals surface area (Å²) in [5.74, 6) is 1.37. The van der Waals surface area contributed by atoms with Crippen molar-refractivity contribution in [1.29, 1.82) is 0 Å². The monoisotopic (exact) mass is 538 g/mol. The standard InChI is InChI=1S/C23H15Cl4N2O3P/c24-19-21(20(25)23(27)28-22(19)26)29-33(30-16-10-4-1-5-11-16,31-17-12-6-2-7-13-17)32-18-14-8-3-9-15-18/h1-15H. The van der Waals surface area contributed by atoms with Gasteiger partial charge < -0.3 is 13.6 Å². The van der Waals surface area contributed by atoms with Crippen LogP contribution in [0.4, 0.5) is 5.69 Å². The lowest BCUT2D eigenvalue weighted by molar-refractivity contribution is 0.371. The summed E-state index contributed by atoms with van der Waals surface area (Å²) in [6.45, 7) is 0. The molecule has 0 aliphatic carbocycles. The molecule has 0 fully saturated rings. The molecule has 0 N–H and O–H groups in total. The highest BCUT2D eigenvalue weighted by atomic mass is 35.5. The van der Waals surface area contributed by atoms with Gasteiger partial charge in [0, 0.05) is 0 Å². The summed E-state index contributed by atoms with van der Waals surface area (Å²) >= 11 is 25.1. The lowest BCUT2D eigenvalue weighted by atomic mass is 10.3. The Morgan fingerprint density at radius 1 is 0.545 bits per heavy atom. The van der Waals surface area contributed by atoms with E-state index in [0.29, 0.717) is 17.2 Å². The molecule has 3 aromatic carbocycles. The maximum absolute atomic E-state index is 6.41. The van der Waals surface area contributed by atoms with E-state index in [1.54, 1.807) is 36.4 Å². The molecule has 4 rings (SSSR count). The summed E-state index contributed by atoms with van der Waals surface area (Å²) in [6.07, 6.45) is 0. The zero-order valence-corrected chi connectivity index (χ0v) is 20.7. The Kier molecular flexibility index (Phi) is 7.69. The number of hydrogen-bond donors (Lipinski definition) is 0. The van der Waals surface area contributed by atoms with Crippen LogP contribution in [0.25, 0.3) is 0 Å². The summed E-state index contributed by atoms with van der Waals surface area (Å²) < 4.78 is 23.5. The largest absolute Gasteiger partial charge is 0.528 e. The third-order valence-corrected chi connectivity index (χ3v) is 7.31. The van der Waals surface area contributed by atoms with Gasteiger partial charge in [-0.25, -0.2) is 4.98 Å². The molecule has 0 bridgehead atoms. The van der Waals surface area contributed by atoms with E-state index in [2.05, 4.69) is 9.73 Å². The van der Waals surface area contributed by atoms with Crippen molar-refractivity contribution in [3.05, 3.63) is 111 Å². The molecule has 168 valence electrons. The third kappa shape index (κ3) is 5.94. The highest BCUT2D eigenvalue weighted by molar-refractivity contribution is 7.52. The molecule has 0 saturated heterocycles. The number of pyridine rings is 1. The smallest absolute Gasteiger partial charge is 0.401 e. The van der Waals surface area contributed by atoms with E-state index in [0.717, 1.165) is 0 Å². The minimum Gasteiger partial charge on any atom is -0.401 e. The van der Waals surface area contributed by atoms with Crippen molar-refractivity contribution < 1.29 is 13.6 Å². The molecule has 1 heterocycles. The number of benzene rings is 3. The molecule has 1 aromatic heterocycles. The quantitative estimate of drug-likeness (QED) is 0.173. The zero-order valence-electron chi connectivity index (χ0n) is 16.7. The molecule has 0 aliphatic rings. The Bertz CT molecular complexity index is 1160. The molecular weight excluding hydrogens is 525 g/mol. The maximum atomic E-state index is 6.41. The van der Waals surface area contributed by atoms with E-state index < -0.39 is 7.74 Å². The van der Waals surface area contributed by atoms with Crippen molar-refractivity contribution >= 4 is 59.8 Å². The second-order valence-corrected chi connectivity index (χ2v) is 9.61. The van der Waals surface area contributed by atoms with E-state index in [9.17, 15) is 0 Å². The first-order valence-corrected chi connectivity index (χ1v) is 12.5. The van der Waals surface area contributed by atoms with E-state index in [1.807, 2.05) is 54.6 Å². The molecular formula is C23H15Cl4N2O3P. The Hall–Kier alpha value is -2.40. The van der Waals surface area contributed by atoms with Gasteiger partial charge in [-0.2, -0.15) is 4.74 Å². The molecule has 10 heteroatoms. The lowest BCUT2D eigenvalue weighted by Crippen LogP contribution is -2.08. The second-order valence-electron chi connectivity index (χ2n) is 6.45. The van der Waals surface area contributed by atoms with Gasteiger partial charge in [0.15, 0.2) is 10.3 Å². The van der Waals surface area contributed by atoms with Gasteiger partial charge in [-0.05, 0) is 36.4 Å². The van der Waals surface area contributed by atoms with Gasteiger partial charge in [-0.15, -0.1) is 0 Å². The highest BCUT2D eigenvalue weighted by Gasteiger charge is 2.33. The number of aromatic nitrogens is 1. The first-order chi connectivity index (χ1) is 16.0. The van der Waals surface area contributed by atoms with Gasteiger partial charge in [0.1, 0.15) is 33.0 Å². The van der Waals surface area contributed by atoms with Crippen LogP contribution in [0.15, 0.2) is 95.7 Å². The average molecular weight is 540 g/mol. The molecule has 0 atom stereocenters. The van der Waals surface area contributed by atoms with Gasteiger partial charge >= 0.3 is 7.74 Å². The van der Waals surface area contributed by atoms with Crippen molar-refractivity contribution in [2.45, 2.75) is 0 Å². The van der Waals surface area contributed by atoms with E-state index in [4.69, 9.17) is 60.0 Å². The topological polar surface area (TPSA) is 52.9 Å². The molecule has 0 radical (unpaired) electrons. The van der Waals surface area contributed by atoms with Crippen LogP contribution in [0.3, 0.4) is 0 Å². The van der Waals surface area contributed by atoms with Crippen molar-refractivity contribution in [3.8, 4) is 17.2 Å². The van der Waals surface area contributed by atoms with Crippen LogP contribution in [0.5, 0.6) is 17.2 Å². The molecule has 0 saturated carbocycles. The van der Waals surface area contributed by atoms with Crippen molar-refractivity contribution in [2.24, 2.45) is 4.74 Å². The summed E-state index contributed by atoms with van der Waals surface area (Å²) in [5.41, 5.74) is 0.0412. The fourth-order valence-electron chi connectivity index (χ4n) is 2.65. The zero-order chi connectivity index (χ0) is 23.3. The minimum absolute atomic E-state index is 0.0135. The van der Waals surface area contributed by atoms with Crippen LogP contribution < -0.4 is 13.6 Å². The molecule has 0 spiro atoms. The number of para-hydroxylation sites is 3. The van der Waals surface area contributed by atoms with Crippen LogP contribution in [-0.2, 0) is 0 Å². The number of hydrogen-bond acceptors (Lipinski definition) is 5. The van der Waals surface area contributed by atoms with Gasteiger partial charge in [0.2, 0.25) is 0 Å². The van der Waals surface area contributed by atoms with Gasteiger partial charge in [0.25, 0.3) is 0 Å². The van der Waals surface area contributed by atoms with Gasteiger partial charge in [0.05, 0.1) is 0 Å². The van der Waals surface area contributed by atoms with Crippen molar-refractivity contribution in [1.82, 2.24) is 4.98 Å². The Morgan fingerprint density at radius 2 is 0.879 bits per heavy atom. The normalized spacial score (nSPS) is 11.0. The summed E-state index contributed by atoms with van der Waals surface area (Å²) in [5, 5.41) is -0.162. The highest BCUT2D eigenvalue weighted by Crippen LogP contribution is 2.57. The summed E-state index contributed by atoms with van der Waals surface area (Å²) in [6, 6.07) is 27.0. The summed E-state index contributed by atoms with van der Waals surface area (Å²) in [7, 11) is -3.67. The van der Waals surface area contributed by atoms with Crippen LogP contribution in [0.1, 0.15) is 0 Å². The lowest BCUT2D eigenvalue weighted by Gasteiger charge is -2.25. The molecule has 0 unspecified atom stereocenters. The van der Waals surface area contributed by atoms with Crippen molar-refractivity contribution in [2.75, 3.05) is 0 Å². The van der Waals surface area contributed by atoms with Crippen LogP contribution in [0, 0.1) is 0 Å². The van der Waals surface area contributed by atoms with Crippen LogP contribution in [0.2, 0.25) is 20.4 Å². The fourth-order valence-corrected chi connectivity index (χ4v) is 5.41. The average Bonchev–Trinajstić information content (AvgIpc) is 2.82. The molecule has 33 heavy (non-hydrogen) atoms. The predicted octanol–water partition coefficient (Wildman–Crippen LogP) is 9.51. The van der Waals surface area contributed by atoms with Gasteiger partial charge in [-0.1, -0.05) is 101 Å². The van der Waals surface area contributed by atoms with E-state index >= 15 is 0 Å². The Labute approximate surface area is 211 Å². The number of nitrogens with zero attached hydrogens (tertiary/aromatic N) is 2. The minimum atomic E-state index is -3.67. The molecule has 5 nitrogen and oxygen atoms in total. The molecule has 0 amide bonds. The van der Waals surface area contributed by atoms with Gasteiger partial charge in [-0.3, -0.25) is 0 Å². The number of halogens is 4. The van der Waals surface area contributed by atoms with E-state index in [-0.39, 0.29) is 26.0 Å². The molecule has 0 aliphatic heterocycles. The Balaban J connectivity index is 1.96. The first-order valence-electron chi connectivity index (χ1n) is 9.52. The maximum Gasteiger partial charge on any atom is 0.528 e. The SMILES string of the molecule is Clc1nc(Cl)c(Cl)c(N=P(Oc2ccccc2)(Oc2ccccc2)Oc2ccccc2)c1Cl. The second kappa shape index (κ2) is 10.7. The summed E-state index contributed by atoms with van der Waals surface area (Å²) in [4.78, 5) is 3.91. The van der Waals surface area contributed by atoms with E-state index in [1.165, 1.54) is 0 Å². The number of rotatable bonds is 7.